The SMILES string of the molecule is [B]c1[nH]c(C=O)nc1Br. The maximum Gasteiger partial charge on any atom is 0.185 e. The van der Waals surface area contributed by atoms with Crippen LogP contribution in [-0.2, 0) is 0 Å². The van der Waals surface area contributed by atoms with Crippen molar-refractivity contribution in [2.45, 2.75) is 0 Å². The summed E-state index contributed by atoms with van der Waals surface area (Å²) in [6, 6.07) is 0. The zero-order chi connectivity index (χ0) is 6.85. The van der Waals surface area contributed by atoms with Crippen molar-refractivity contribution in [3.05, 3.63) is 10.4 Å². The van der Waals surface area contributed by atoms with Crippen LogP contribution < -0.4 is 5.59 Å². The van der Waals surface area contributed by atoms with Crippen LogP contribution in [0.2, 0.25) is 0 Å². The fourth-order valence-corrected chi connectivity index (χ4v) is 0.729. The standard InChI is InChI=1S/C4H2BBrN2O/c5-3-4(6)8-2(1-9)7-3/h1H,(H,7,8). The van der Waals surface area contributed by atoms with Gasteiger partial charge in [0.2, 0.25) is 0 Å². The van der Waals surface area contributed by atoms with Crippen molar-refractivity contribution in [1.29, 1.82) is 0 Å². The fourth-order valence-electron chi connectivity index (χ4n) is 0.439. The van der Waals surface area contributed by atoms with Gasteiger partial charge in [-0.25, -0.2) is 4.98 Å². The Kier molecular flexibility index (Phi) is 1.71. The van der Waals surface area contributed by atoms with E-state index in [1.807, 2.05) is 0 Å². The highest BCUT2D eigenvalue weighted by Crippen LogP contribution is 1.98. The number of nitrogens with zero attached hydrogens (tertiary/aromatic N) is 1. The number of imidazole rings is 1. The van der Waals surface area contributed by atoms with E-state index < -0.39 is 0 Å². The van der Waals surface area contributed by atoms with Crippen LogP contribution in [0.5, 0.6) is 0 Å². The minimum absolute atomic E-state index is 0.236. The molecule has 1 aromatic heterocycles. The summed E-state index contributed by atoms with van der Waals surface area (Å²) in [5, 5.41) is 0. The predicted octanol–water partition coefficient (Wildman–Crippen LogP) is -0.222. The summed E-state index contributed by atoms with van der Waals surface area (Å²) in [4.78, 5) is 16.2. The lowest BCUT2D eigenvalue weighted by Gasteiger charge is -1.77. The minimum atomic E-state index is 0.236. The Hall–Kier alpha value is -0.575. The Morgan fingerprint density at radius 3 is 2.67 bits per heavy atom. The molecule has 0 spiro atoms. The molecule has 0 unspecified atom stereocenters. The van der Waals surface area contributed by atoms with E-state index in [2.05, 4.69) is 25.9 Å². The number of carbonyl (C=O) groups is 1. The van der Waals surface area contributed by atoms with Crippen molar-refractivity contribution in [1.82, 2.24) is 9.97 Å². The van der Waals surface area contributed by atoms with Crippen molar-refractivity contribution < 1.29 is 4.79 Å². The average molecular weight is 185 g/mol. The number of aromatic nitrogens is 2. The Bertz CT molecular complexity index is 215. The Balaban J connectivity index is 3.11. The molecule has 1 aromatic rings. The first-order valence-electron chi connectivity index (χ1n) is 2.20. The van der Waals surface area contributed by atoms with E-state index in [0.29, 0.717) is 16.5 Å². The van der Waals surface area contributed by atoms with E-state index in [9.17, 15) is 4.79 Å². The Labute approximate surface area is 61.4 Å². The molecule has 3 nitrogen and oxygen atoms in total. The normalized spacial score (nSPS) is 9.44. The van der Waals surface area contributed by atoms with Crippen LogP contribution in [-0.4, -0.2) is 24.1 Å². The summed E-state index contributed by atoms with van der Waals surface area (Å²) in [7, 11) is 5.29. The number of halogens is 1. The van der Waals surface area contributed by atoms with Gasteiger partial charge in [-0.1, -0.05) is 0 Å². The second kappa shape index (κ2) is 2.35. The maximum atomic E-state index is 10.0. The lowest BCUT2D eigenvalue weighted by atomic mass is 10.1. The predicted molar refractivity (Wildman–Crippen MR) is 37.1 cm³/mol. The number of aromatic amines is 1. The topological polar surface area (TPSA) is 45.8 Å². The zero-order valence-corrected chi connectivity index (χ0v) is 5.97. The van der Waals surface area contributed by atoms with Crippen molar-refractivity contribution >= 4 is 35.7 Å². The van der Waals surface area contributed by atoms with Crippen molar-refractivity contribution in [3.8, 4) is 0 Å². The van der Waals surface area contributed by atoms with E-state index in [4.69, 9.17) is 7.85 Å². The minimum Gasteiger partial charge on any atom is -0.348 e. The smallest absolute Gasteiger partial charge is 0.185 e. The van der Waals surface area contributed by atoms with Gasteiger partial charge in [0.15, 0.2) is 12.1 Å². The molecule has 0 aliphatic heterocycles. The Morgan fingerprint density at radius 1 is 1.78 bits per heavy atom. The van der Waals surface area contributed by atoms with Gasteiger partial charge in [-0.05, 0) is 21.5 Å². The van der Waals surface area contributed by atoms with Crippen LogP contribution in [0.4, 0.5) is 0 Å². The molecule has 9 heavy (non-hydrogen) atoms. The second-order valence-electron chi connectivity index (χ2n) is 1.44. The summed E-state index contributed by atoms with van der Waals surface area (Å²) in [5.41, 5.74) is 0.372. The fraction of sp³-hybridized carbons (Fsp3) is 0. The van der Waals surface area contributed by atoms with Crippen LogP contribution in [0.3, 0.4) is 0 Å². The van der Waals surface area contributed by atoms with E-state index in [0.717, 1.165) is 0 Å². The number of nitrogens with one attached hydrogen (secondary N) is 1. The first-order chi connectivity index (χ1) is 4.24. The van der Waals surface area contributed by atoms with Gasteiger partial charge < -0.3 is 4.98 Å². The molecular formula is C4H2BBrN2O. The molecule has 0 saturated carbocycles. The number of carbonyl (C=O) groups excluding carboxylic acids is 1. The molecule has 1 heterocycles. The van der Waals surface area contributed by atoms with Gasteiger partial charge in [0.25, 0.3) is 0 Å². The van der Waals surface area contributed by atoms with Crippen molar-refractivity contribution in [2.24, 2.45) is 0 Å². The molecule has 0 aliphatic rings. The summed E-state index contributed by atoms with van der Waals surface area (Å²) >= 11 is 3.03. The summed E-state index contributed by atoms with van der Waals surface area (Å²) in [5.74, 6) is 0.236. The third-order valence-corrected chi connectivity index (χ3v) is 1.42. The van der Waals surface area contributed by atoms with Gasteiger partial charge in [-0.3, -0.25) is 4.79 Å². The van der Waals surface area contributed by atoms with E-state index >= 15 is 0 Å². The molecule has 0 atom stereocenters. The monoisotopic (exact) mass is 184 g/mol. The largest absolute Gasteiger partial charge is 0.348 e. The molecule has 0 amide bonds. The van der Waals surface area contributed by atoms with Crippen molar-refractivity contribution in [3.63, 3.8) is 0 Å². The third-order valence-electron chi connectivity index (χ3n) is 0.815. The molecule has 44 valence electrons. The highest BCUT2D eigenvalue weighted by atomic mass is 79.9. The first-order valence-corrected chi connectivity index (χ1v) is 2.99. The number of H-pyrrole nitrogens is 1. The molecule has 0 aromatic carbocycles. The number of hydrogen-bond acceptors (Lipinski definition) is 2. The van der Waals surface area contributed by atoms with Gasteiger partial charge in [-0.15, -0.1) is 0 Å². The third kappa shape index (κ3) is 1.21. The lowest BCUT2D eigenvalue weighted by Crippen LogP contribution is -2.03. The van der Waals surface area contributed by atoms with E-state index in [1.165, 1.54) is 0 Å². The van der Waals surface area contributed by atoms with E-state index in [1.54, 1.807) is 0 Å². The zero-order valence-electron chi connectivity index (χ0n) is 4.39. The lowest BCUT2D eigenvalue weighted by molar-refractivity contribution is 0.111. The maximum absolute atomic E-state index is 10.0. The quantitative estimate of drug-likeness (QED) is 0.485. The van der Waals surface area contributed by atoms with Crippen LogP contribution in [0.1, 0.15) is 10.6 Å². The Morgan fingerprint density at radius 2 is 2.44 bits per heavy atom. The highest BCUT2D eigenvalue weighted by molar-refractivity contribution is 9.10. The number of aldehydes is 1. The highest BCUT2D eigenvalue weighted by Gasteiger charge is 1.99. The number of hydrogen-bond donors (Lipinski definition) is 1. The van der Waals surface area contributed by atoms with Gasteiger partial charge in [0, 0.05) is 0 Å². The molecule has 0 aliphatic carbocycles. The van der Waals surface area contributed by atoms with Crippen molar-refractivity contribution in [2.75, 3.05) is 0 Å². The van der Waals surface area contributed by atoms with Crippen LogP contribution in [0, 0.1) is 0 Å². The molecule has 1 rings (SSSR count). The first kappa shape index (κ1) is 6.54. The second-order valence-corrected chi connectivity index (χ2v) is 2.20. The molecular weight excluding hydrogens is 183 g/mol. The molecule has 0 bridgehead atoms. The molecule has 0 fully saturated rings. The van der Waals surface area contributed by atoms with Crippen LogP contribution in [0.15, 0.2) is 4.60 Å². The van der Waals surface area contributed by atoms with Gasteiger partial charge in [0.1, 0.15) is 12.4 Å². The molecule has 5 heteroatoms. The van der Waals surface area contributed by atoms with Gasteiger partial charge >= 0.3 is 0 Å². The molecule has 0 saturated heterocycles. The molecule has 2 radical (unpaired) electrons. The van der Waals surface area contributed by atoms with Gasteiger partial charge in [-0.2, -0.15) is 0 Å². The van der Waals surface area contributed by atoms with Gasteiger partial charge in [0.05, 0.1) is 0 Å². The van der Waals surface area contributed by atoms with Crippen LogP contribution >= 0.6 is 15.9 Å². The average Bonchev–Trinajstić information content (AvgIpc) is 2.13. The summed E-state index contributed by atoms with van der Waals surface area (Å²) < 4.78 is 0.476. The van der Waals surface area contributed by atoms with E-state index in [-0.39, 0.29) is 5.82 Å². The number of rotatable bonds is 1. The summed E-state index contributed by atoms with van der Waals surface area (Å²) in [6.45, 7) is 0. The molecule has 1 N–H and O–H groups in total. The van der Waals surface area contributed by atoms with Crippen LogP contribution in [0.25, 0.3) is 0 Å². The summed E-state index contributed by atoms with van der Waals surface area (Å²) in [6.07, 6.45) is 0.598.